The number of fused-ring (bicyclic) bond motifs is 1. The van der Waals surface area contributed by atoms with Gasteiger partial charge in [-0.2, -0.15) is 0 Å². The molecule has 2 N–H and O–H groups in total. The Balaban J connectivity index is 0.00000225. The lowest BCUT2D eigenvalue weighted by atomic mass is 10.1. The SMILES string of the molecule is Cl.O=C(NCc1ccc2c(c1)CNC2)C1CCCN1C(=O)Cc1ccccc1. The first-order valence-electron chi connectivity index (χ1n) is 9.63. The van der Waals surface area contributed by atoms with Crippen LogP contribution >= 0.6 is 12.4 Å². The van der Waals surface area contributed by atoms with Crippen molar-refractivity contribution in [3.63, 3.8) is 0 Å². The van der Waals surface area contributed by atoms with Gasteiger partial charge in [0.05, 0.1) is 6.42 Å². The minimum atomic E-state index is -0.350. The van der Waals surface area contributed by atoms with E-state index in [1.807, 2.05) is 30.3 Å². The van der Waals surface area contributed by atoms with Crippen LogP contribution in [0.2, 0.25) is 0 Å². The Labute approximate surface area is 171 Å². The van der Waals surface area contributed by atoms with E-state index >= 15 is 0 Å². The van der Waals surface area contributed by atoms with E-state index in [1.54, 1.807) is 4.90 Å². The van der Waals surface area contributed by atoms with Gasteiger partial charge in [-0.25, -0.2) is 0 Å². The van der Waals surface area contributed by atoms with Crippen molar-refractivity contribution >= 4 is 24.2 Å². The quantitative estimate of drug-likeness (QED) is 0.812. The van der Waals surface area contributed by atoms with Crippen molar-refractivity contribution in [1.29, 1.82) is 0 Å². The van der Waals surface area contributed by atoms with Gasteiger partial charge in [-0.3, -0.25) is 9.59 Å². The molecule has 5 nitrogen and oxygen atoms in total. The second kappa shape index (κ2) is 9.22. The number of hydrogen-bond acceptors (Lipinski definition) is 3. The predicted molar refractivity (Wildman–Crippen MR) is 111 cm³/mol. The van der Waals surface area contributed by atoms with Crippen LogP contribution < -0.4 is 10.6 Å². The fourth-order valence-corrected chi connectivity index (χ4v) is 3.97. The molecule has 4 rings (SSSR count). The third-order valence-corrected chi connectivity index (χ3v) is 5.44. The molecule has 2 amide bonds. The second-order valence-electron chi connectivity index (χ2n) is 7.33. The Morgan fingerprint density at radius 3 is 2.64 bits per heavy atom. The molecule has 2 aliphatic rings. The number of halogens is 1. The fourth-order valence-electron chi connectivity index (χ4n) is 3.97. The van der Waals surface area contributed by atoms with Crippen molar-refractivity contribution in [1.82, 2.24) is 15.5 Å². The lowest BCUT2D eigenvalue weighted by Crippen LogP contribution is -2.46. The van der Waals surface area contributed by atoms with E-state index in [9.17, 15) is 9.59 Å². The fraction of sp³-hybridized carbons (Fsp3) is 0.364. The van der Waals surface area contributed by atoms with Gasteiger partial charge in [0, 0.05) is 26.2 Å². The number of nitrogens with zero attached hydrogens (tertiary/aromatic N) is 1. The first-order valence-corrected chi connectivity index (χ1v) is 9.63. The van der Waals surface area contributed by atoms with Gasteiger partial charge in [0.1, 0.15) is 6.04 Å². The predicted octanol–water partition coefficient (Wildman–Crippen LogP) is 2.56. The number of amides is 2. The molecule has 1 atom stereocenters. The summed E-state index contributed by atoms with van der Waals surface area (Å²) in [5.74, 6) is -0.0185. The molecule has 1 saturated heterocycles. The smallest absolute Gasteiger partial charge is 0.243 e. The zero-order valence-electron chi connectivity index (χ0n) is 15.8. The first kappa shape index (κ1) is 20.4. The summed E-state index contributed by atoms with van der Waals surface area (Å²) in [5, 5.41) is 6.36. The highest BCUT2D eigenvalue weighted by Crippen LogP contribution is 2.20. The molecule has 2 aliphatic heterocycles. The molecule has 1 unspecified atom stereocenters. The Bertz CT molecular complexity index is 841. The normalized spacial score (nSPS) is 17.7. The van der Waals surface area contributed by atoms with Crippen LogP contribution in [0.3, 0.4) is 0 Å². The average molecular weight is 400 g/mol. The Hall–Kier alpha value is -2.37. The molecule has 6 heteroatoms. The molecule has 1 fully saturated rings. The van der Waals surface area contributed by atoms with Gasteiger partial charge in [-0.15, -0.1) is 12.4 Å². The van der Waals surface area contributed by atoms with E-state index in [2.05, 4.69) is 28.8 Å². The van der Waals surface area contributed by atoms with Crippen molar-refractivity contribution in [2.45, 2.75) is 44.9 Å². The van der Waals surface area contributed by atoms with Crippen molar-refractivity contribution in [3.8, 4) is 0 Å². The summed E-state index contributed by atoms with van der Waals surface area (Å²) in [6, 6.07) is 15.7. The third kappa shape index (κ3) is 4.54. The maximum atomic E-state index is 12.7. The zero-order chi connectivity index (χ0) is 18.6. The number of benzene rings is 2. The molecular formula is C22H26ClN3O2. The summed E-state index contributed by atoms with van der Waals surface area (Å²) in [4.78, 5) is 27.1. The molecular weight excluding hydrogens is 374 g/mol. The molecule has 0 aliphatic carbocycles. The topological polar surface area (TPSA) is 61.4 Å². The molecule has 0 saturated carbocycles. The van der Waals surface area contributed by atoms with Gasteiger partial charge < -0.3 is 15.5 Å². The summed E-state index contributed by atoms with van der Waals surface area (Å²) in [5.41, 5.74) is 4.73. The zero-order valence-corrected chi connectivity index (χ0v) is 16.6. The third-order valence-electron chi connectivity index (χ3n) is 5.44. The van der Waals surface area contributed by atoms with Crippen LogP contribution in [0.1, 0.15) is 35.1 Å². The monoisotopic (exact) mass is 399 g/mol. The Morgan fingerprint density at radius 1 is 1.04 bits per heavy atom. The molecule has 2 aromatic rings. The molecule has 0 spiro atoms. The lowest BCUT2D eigenvalue weighted by molar-refractivity contribution is -0.138. The highest BCUT2D eigenvalue weighted by Gasteiger charge is 2.33. The van der Waals surface area contributed by atoms with Crippen LogP contribution in [-0.4, -0.2) is 29.3 Å². The summed E-state index contributed by atoms with van der Waals surface area (Å²) in [7, 11) is 0. The van der Waals surface area contributed by atoms with Crippen LogP contribution in [0.4, 0.5) is 0 Å². The van der Waals surface area contributed by atoms with Gasteiger partial charge in [0.25, 0.3) is 0 Å². The second-order valence-corrected chi connectivity index (χ2v) is 7.33. The standard InChI is InChI=1S/C22H25N3O2.ClH/c26-21(12-16-5-2-1-3-6-16)25-10-4-7-20(25)22(27)24-13-17-8-9-18-14-23-15-19(18)11-17;/h1-3,5-6,8-9,11,20,23H,4,7,10,12-15H2,(H,24,27);1H. The average Bonchev–Trinajstić information content (AvgIpc) is 3.35. The highest BCUT2D eigenvalue weighted by molar-refractivity contribution is 5.89. The lowest BCUT2D eigenvalue weighted by Gasteiger charge is -2.24. The van der Waals surface area contributed by atoms with Gasteiger partial charge in [0.2, 0.25) is 11.8 Å². The van der Waals surface area contributed by atoms with Crippen LogP contribution in [0.25, 0.3) is 0 Å². The van der Waals surface area contributed by atoms with Gasteiger partial charge in [0.15, 0.2) is 0 Å². The minimum Gasteiger partial charge on any atom is -0.350 e. The summed E-state index contributed by atoms with van der Waals surface area (Å²) >= 11 is 0. The number of carbonyl (C=O) groups is 2. The van der Waals surface area contributed by atoms with E-state index in [0.717, 1.165) is 37.1 Å². The molecule has 0 aromatic heterocycles. The van der Waals surface area contributed by atoms with Crippen LogP contribution in [0.15, 0.2) is 48.5 Å². The number of likely N-dealkylation sites (tertiary alicyclic amines) is 1. The maximum Gasteiger partial charge on any atom is 0.243 e. The summed E-state index contributed by atoms with van der Waals surface area (Å²) < 4.78 is 0. The molecule has 2 aromatic carbocycles. The van der Waals surface area contributed by atoms with E-state index in [0.29, 0.717) is 19.5 Å². The van der Waals surface area contributed by atoms with Gasteiger partial charge in [-0.05, 0) is 35.1 Å². The molecule has 28 heavy (non-hydrogen) atoms. The van der Waals surface area contributed by atoms with Crippen LogP contribution in [0.5, 0.6) is 0 Å². The number of hydrogen-bond donors (Lipinski definition) is 2. The van der Waals surface area contributed by atoms with E-state index in [-0.39, 0.29) is 30.3 Å². The first-order chi connectivity index (χ1) is 13.2. The van der Waals surface area contributed by atoms with Crippen LogP contribution in [-0.2, 0) is 35.6 Å². The summed E-state index contributed by atoms with van der Waals surface area (Å²) in [6.45, 7) is 2.97. The van der Waals surface area contributed by atoms with Crippen molar-refractivity contribution in [2.24, 2.45) is 0 Å². The van der Waals surface area contributed by atoms with Gasteiger partial charge in [-0.1, -0.05) is 48.5 Å². The Kier molecular flexibility index (Phi) is 6.70. The van der Waals surface area contributed by atoms with Crippen LogP contribution in [0, 0.1) is 0 Å². The van der Waals surface area contributed by atoms with Crippen molar-refractivity contribution in [2.75, 3.05) is 6.54 Å². The van der Waals surface area contributed by atoms with E-state index in [4.69, 9.17) is 0 Å². The number of carbonyl (C=O) groups excluding carboxylic acids is 2. The van der Waals surface area contributed by atoms with Gasteiger partial charge >= 0.3 is 0 Å². The number of rotatable bonds is 5. The molecule has 2 heterocycles. The van der Waals surface area contributed by atoms with E-state index in [1.165, 1.54) is 11.1 Å². The largest absolute Gasteiger partial charge is 0.350 e. The summed E-state index contributed by atoms with van der Waals surface area (Å²) in [6.07, 6.45) is 1.96. The Morgan fingerprint density at radius 2 is 1.82 bits per heavy atom. The number of nitrogens with one attached hydrogen (secondary N) is 2. The maximum absolute atomic E-state index is 12.7. The molecule has 0 radical (unpaired) electrons. The minimum absolute atomic E-state index is 0. The highest BCUT2D eigenvalue weighted by atomic mass is 35.5. The molecule has 0 bridgehead atoms. The van der Waals surface area contributed by atoms with Crippen molar-refractivity contribution in [3.05, 3.63) is 70.8 Å². The molecule has 148 valence electrons. The van der Waals surface area contributed by atoms with E-state index < -0.39 is 0 Å². The van der Waals surface area contributed by atoms with Crippen molar-refractivity contribution < 1.29 is 9.59 Å².